The molecule has 1 heterocycles. The lowest BCUT2D eigenvalue weighted by atomic mass is 10.1. The van der Waals surface area contributed by atoms with Crippen molar-refractivity contribution in [3.63, 3.8) is 0 Å². The largest absolute Gasteiger partial charge is 0.375 e. The van der Waals surface area contributed by atoms with Crippen LogP contribution < -0.4 is 5.32 Å². The van der Waals surface area contributed by atoms with Crippen molar-refractivity contribution in [2.75, 3.05) is 32.8 Å². The summed E-state index contributed by atoms with van der Waals surface area (Å²) in [5, 5.41) is 3.39. The topological polar surface area (TPSA) is 24.5 Å². The summed E-state index contributed by atoms with van der Waals surface area (Å²) in [6, 6.07) is 0.724. The van der Waals surface area contributed by atoms with Crippen molar-refractivity contribution in [1.29, 1.82) is 0 Å². The Morgan fingerprint density at radius 3 is 3.21 bits per heavy atom. The first-order valence-electron chi connectivity index (χ1n) is 5.98. The van der Waals surface area contributed by atoms with Gasteiger partial charge in [-0.1, -0.05) is 6.92 Å². The Kier molecular flexibility index (Phi) is 3.79. The first kappa shape index (κ1) is 10.4. The lowest BCUT2D eigenvalue weighted by Crippen LogP contribution is -2.50. The Hall–Kier alpha value is -0.120. The van der Waals surface area contributed by atoms with Crippen LogP contribution in [0.5, 0.6) is 0 Å². The lowest BCUT2D eigenvalue weighted by molar-refractivity contribution is -0.0548. The second-order valence-corrected chi connectivity index (χ2v) is 4.30. The van der Waals surface area contributed by atoms with Crippen LogP contribution >= 0.6 is 0 Å². The van der Waals surface area contributed by atoms with E-state index < -0.39 is 0 Å². The van der Waals surface area contributed by atoms with E-state index in [0.717, 1.165) is 32.3 Å². The van der Waals surface area contributed by atoms with Gasteiger partial charge < -0.3 is 10.1 Å². The zero-order valence-electron chi connectivity index (χ0n) is 9.17. The highest BCUT2D eigenvalue weighted by Gasteiger charge is 2.35. The van der Waals surface area contributed by atoms with Crippen LogP contribution in [0.2, 0.25) is 0 Å². The molecule has 82 valence electrons. The van der Waals surface area contributed by atoms with Crippen LogP contribution in [0.4, 0.5) is 0 Å². The van der Waals surface area contributed by atoms with Gasteiger partial charge in [-0.2, -0.15) is 0 Å². The van der Waals surface area contributed by atoms with Crippen molar-refractivity contribution in [3.05, 3.63) is 0 Å². The number of morpholine rings is 1. The van der Waals surface area contributed by atoms with Crippen LogP contribution in [0.25, 0.3) is 0 Å². The van der Waals surface area contributed by atoms with E-state index >= 15 is 0 Å². The fourth-order valence-corrected chi connectivity index (χ4v) is 2.68. The van der Waals surface area contributed by atoms with Crippen LogP contribution in [0.3, 0.4) is 0 Å². The summed E-state index contributed by atoms with van der Waals surface area (Å²) in [5.74, 6) is 0. The molecular formula is C11H22N2O. The van der Waals surface area contributed by atoms with E-state index in [4.69, 9.17) is 4.74 Å². The molecule has 1 saturated carbocycles. The van der Waals surface area contributed by atoms with Gasteiger partial charge >= 0.3 is 0 Å². The van der Waals surface area contributed by atoms with Gasteiger partial charge in [-0.25, -0.2) is 0 Å². The van der Waals surface area contributed by atoms with E-state index in [1.54, 1.807) is 0 Å². The molecule has 1 saturated heterocycles. The smallest absolute Gasteiger partial charge is 0.0730 e. The van der Waals surface area contributed by atoms with Crippen LogP contribution in [0.15, 0.2) is 0 Å². The van der Waals surface area contributed by atoms with Crippen LogP contribution in [0.1, 0.15) is 26.2 Å². The molecule has 0 aromatic rings. The van der Waals surface area contributed by atoms with Crippen molar-refractivity contribution < 1.29 is 4.74 Å². The minimum Gasteiger partial charge on any atom is -0.375 e. The quantitative estimate of drug-likeness (QED) is 0.678. The van der Waals surface area contributed by atoms with Gasteiger partial charge in [0.15, 0.2) is 0 Å². The van der Waals surface area contributed by atoms with Crippen molar-refractivity contribution in [2.24, 2.45) is 0 Å². The molecule has 1 N–H and O–H groups in total. The fraction of sp³-hybridized carbons (Fsp3) is 1.00. The van der Waals surface area contributed by atoms with Gasteiger partial charge in [-0.05, 0) is 25.8 Å². The van der Waals surface area contributed by atoms with Gasteiger partial charge in [0.1, 0.15) is 0 Å². The Bertz CT molecular complexity index is 175. The van der Waals surface area contributed by atoms with Gasteiger partial charge in [0, 0.05) is 25.7 Å². The Balaban J connectivity index is 1.78. The number of nitrogens with zero attached hydrogens (tertiary/aromatic N) is 1. The molecule has 0 aromatic carbocycles. The third kappa shape index (κ3) is 2.27. The number of hydrogen-bond acceptors (Lipinski definition) is 3. The number of hydrogen-bond donors (Lipinski definition) is 1. The fourth-order valence-electron chi connectivity index (χ4n) is 2.68. The highest BCUT2D eigenvalue weighted by molar-refractivity contribution is 4.89. The predicted octanol–water partition coefficient (Wildman–Crippen LogP) is 0.849. The summed E-state index contributed by atoms with van der Waals surface area (Å²) in [6.07, 6.45) is 4.53. The van der Waals surface area contributed by atoms with Gasteiger partial charge in [0.05, 0.1) is 12.7 Å². The van der Waals surface area contributed by atoms with Gasteiger partial charge in [0.2, 0.25) is 0 Å². The maximum absolute atomic E-state index is 5.78. The second kappa shape index (κ2) is 5.10. The molecule has 3 heteroatoms. The molecule has 0 bridgehead atoms. The number of nitrogens with one attached hydrogen (secondary N) is 1. The molecule has 2 unspecified atom stereocenters. The summed E-state index contributed by atoms with van der Waals surface area (Å²) in [4.78, 5) is 2.61. The molecule has 2 rings (SSSR count). The average Bonchev–Trinajstić information content (AvgIpc) is 2.67. The molecule has 2 aliphatic rings. The van der Waals surface area contributed by atoms with E-state index in [0.29, 0.717) is 6.10 Å². The zero-order valence-corrected chi connectivity index (χ0v) is 9.17. The SMILES string of the molecule is CCNCCN1CCOC2CCCC21. The van der Waals surface area contributed by atoms with Crippen LogP contribution in [-0.4, -0.2) is 49.8 Å². The highest BCUT2D eigenvalue weighted by Crippen LogP contribution is 2.29. The minimum atomic E-state index is 0.547. The van der Waals surface area contributed by atoms with Crippen LogP contribution in [-0.2, 0) is 4.74 Å². The van der Waals surface area contributed by atoms with Crippen molar-refractivity contribution in [2.45, 2.75) is 38.3 Å². The summed E-state index contributed by atoms with van der Waals surface area (Å²) in [7, 11) is 0. The van der Waals surface area contributed by atoms with E-state index in [2.05, 4.69) is 17.1 Å². The number of rotatable bonds is 4. The summed E-state index contributed by atoms with van der Waals surface area (Å²) < 4.78 is 5.78. The molecular weight excluding hydrogens is 176 g/mol. The van der Waals surface area contributed by atoms with E-state index in [-0.39, 0.29) is 0 Å². The van der Waals surface area contributed by atoms with Crippen molar-refractivity contribution in [3.8, 4) is 0 Å². The van der Waals surface area contributed by atoms with Crippen LogP contribution in [0, 0.1) is 0 Å². The van der Waals surface area contributed by atoms with Crippen molar-refractivity contribution in [1.82, 2.24) is 10.2 Å². The molecule has 0 amide bonds. The molecule has 1 aliphatic heterocycles. The molecule has 2 fully saturated rings. The Labute approximate surface area is 86.8 Å². The number of ether oxygens (including phenoxy) is 1. The van der Waals surface area contributed by atoms with E-state index in [9.17, 15) is 0 Å². The second-order valence-electron chi connectivity index (χ2n) is 4.30. The number of fused-ring (bicyclic) bond motifs is 1. The van der Waals surface area contributed by atoms with E-state index in [1.807, 2.05) is 0 Å². The van der Waals surface area contributed by atoms with Crippen molar-refractivity contribution >= 4 is 0 Å². The first-order chi connectivity index (χ1) is 6.92. The molecule has 2 atom stereocenters. The normalized spacial score (nSPS) is 33.2. The average molecular weight is 198 g/mol. The molecule has 1 aliphatic carbocycles. The van der Waals surface area contributed by atoms with Gasteiger partial charge in [-0.15, -0.1) is 0 Å². The molecule has 0 aromatic heterocycles. The summed E-state index contributed by atoms with van der Waals surface area (Å²) in [6.45, 7) is 7.63. The monoisotopic (exact) mass is 198 g/mol. The standard InChI is InChI=1S/C11H22N2O/c1-2-12-6-7-13-8-9-14-11-5-3-4-10(11)13/h10-12H,2-9H2,1H3. The summed E-state index contributed by atoms with van der Waals surface area (Å²) in [5.41, 5.74) is 0. The first-order valence-corrected chi connectivity index (χ1v) is 5.98. The third-order valence-electron chi connectivity index (χ3n) is 3.42. The molecule has 3 nitrogen and oxygen atoms in total. The molecule has 0 radical (unpaired) electrons. The van der Waals surface area contributed by atoms with Gasteiger partial charge in [0.25, 0.3) is 0 Å². The number of likely N-dealkylation sites (N-methyl/N-ethyl adjacent to an activating group) is 1. The minimum absolute atomic E-state index is 0.547. The van der Waals surface area contributed by atoms with Gasteiger partial charge in [-0.3, -0.25) is 4.90 Å². The molecule has 0 spiro atoms. The van der Waals surface area contributed by atoms with E-state index in [1.165, 1.54) is 25.8 Å². The predicted molar refractivity (Wildman–Crippen MR) is 57.5 cm³/mol. The maximum Gasteiger partial charge on any atom is 0.0730 e. The summed E-state index contributed by atoms with van der Waals surface area (Å²) >= 11 is 0. The Morgan fingerprint density at radius 1 is 1.43 bits per heavy atom. The highest BCUT2D eigenvalue weighted by atomic mass is 16.5. The molecule has 14 heavy (non-hydrogen) atoms. The third-order valence-corrected chi connectivity index (χ3v) is 3.42. The zero-order chi connectivity index (χ0) is 9.80. The lowest BCUT2D eigenvalue weighted by Gasteiger charge is -2.37. The maximum atomic E-state index is 5.78. The Morgan fingerprint density at radius 2 is 2.36 bits per heavy atom.